The summed E-state index contributed by atoms with van der Waals surface area (Å²) in [5.74, 6) is 0. The van der Waals surface area contributed by atoms with Gasteiger partial charge in [0.15, 0.2) is 0 Å². The summed E-state index contributed by atoms with van der Waals surface area (Å²) in [7, 11) is 0. The lowest BCUT2D eigenvalue weighted by Crippen LogP contribution is -2.32. The molecule has 0 spiro atoms. The van der Waals surface area contributed by atoms with Crippen molar-refractivity contribution < 1.29 is 0 Å². The highest BCUT2D eigenvalue weighted by Gasteiger charge is 2.25. The largest absolute Gasteiger partial charge is 0.357 e. The van der Waals surface area contributed by atoms with Crippen LogP contribution in [0.4, 0.5) is 0 Å². The van der Waals surface area contributed by atoms with Gasteiger partial charge in [-0.25, -0.2) is 4.31 Å². The number of aromatic nitrogens is 1. The maximum Gasteiger partial charge on any atom is 0.0498 e. The zero-order valence-corrected chi connectivity index (χ0v) is 10.5. The number of para-hydroxylation sites is 1. The first-order chi connectivity index (χ1) is 7.79. The highest BCUT2D eigenvalue weighted by atomic mass is 32.2. The summed E-state index contributed by atoms with van der Waals surface area (Å²) < 4.78 is 2.44. The van der Waals surface area contributed by atoms with Gasteiger partial charge in [0.2, 0.25) is 0 Å². The lowest BCUT2D eigenvalue weighted by Gasteiger charge is -2.31. The number of hydrogen-bond donors (Lipinski definition) is 1. The highest BCUT2D eigenvalue weighted by Crippen LogP contribution is 2.32. The van der Waals surface area contributed by atoms with Gasteiger partial charge in [0, 0.05) is 29.2 Å². The average Bonchev–Trinajstić information content (AvgIpc) is 2.66. The minimum absolute atomic E-state index is 0.627. The van der Waals surface area contributed by atoms with E-state index in [2.05, 4.69) is 46.7 Å². The molecule has 2 nitrogen and oxygen atoms in total. The molecule has 1 aliphatic rings. The number of benzene rings is 1. The fourth-order valence-corrected chi connectivity index (χ4v) is 3.27. The molecule has 3 rings (SSSR count). The smallest absolute Gasteiger partial charge is 0.0498 e. The number of nitrogens with zero attached hydrogens (tertiary/aromatic N) is 1. The Hall–Kier alpha value is -0.930. The molecule has 1 N–H and O–H groups in total. The number of hydrogen-bond acceptors (Lipinski definition) is 2. The molecular weight excluding hydrogens is 216 g/mol. The molecule has 2 heterocycles. The molecule has 0 saturated heterocycles. The van der Waals surface area contributed by atoms with E-state index in [0.717, 1.165) is 13.0 Å². The zero-order valence-electron chi connectivity index (χ0n) is 9.66. The second-order valence-electron chi connectivity index (χ2n) is 4.44. The summed E-state index contributed by atoms with van der Waals surface area (Å²) in [6, 6.07) is 9.25. The Morgan fingerprint density at radius 3 is 3.00 bits per heavy atom. The predicted octanol–water partition coefficient (Wildman–Crippen LogP) is 3.19. The first-order valence-corrected chi connectivity index (χ1v) is 6.87. The van der Waals surface area contributed by atoms with Crippen molar-refractivity contribution in [1.29, 1.82) is 0 Å². The minimum Gasteiger partial charge on any atom is -0.357 e. The van der Waals surface area contributed by atoms with Crippen LogP contribution in [0.1, 0.15) is 18.2 Å². The van der Waals surface area contributed by atoms with Crippen molar-refractivity contribution in [2.24, 2.45) is 0 Å². The van der Waals surface area contributed by atoms with Gasteiger partial charge < -0.3 is 4.98 Å². The Kier molecular flexibility index (Phi) is 2.45. The Labute approximate surface area is 100 Å². The van der Waals surface area contributed by atoms with E-state index in [1.165, 1.54) is 22.2 Å². The SMILES string of the molecule is CSN1Cc2[nH]c3ccccc3c2CC1C. The van der Waals surface area contributed by atoms with Crippen LogP contribution in [0.2, 0.25) is 0 Å². The molecule has 2 aromatic rings. The Morgan fingerprint density at radius 2 is 2.19 bits per heavy atom. The van der Waals surface area contributed by atoms with Crippen molar-refractivity contribution >= 4 is 22.9 Å². The summed E-state index contributed by atoms with van der Waals surface area (Å²) in [6.45, 7) is 3.34. The van der Waals surface area contributed by atoms with E-state index in [1.54, 1.807) is 0 Å². The van der Waals surface area contributed by atoms with Gasteiger partial charge in [-0.05, 0) is 31.2 Å². The van der Waals surface area contributed by atoms with Crippen LogP contribution in [0.25, 0.3) is 10.9 Å². The second kappa shape index (κ2) is 3.82. The van der Waals surface area contributed by atoms with Crippen LogP contribution >= 0.6 is 11.9 Å². The molecule has 0 bridgehead atoms. The number of nitrogens with one attached hydrogen (secondary N) is 1. The number of rotatable bonds is 1. The lowest BCUT2D eigenvalue weighted by atomic mass is 10.00. The summed E-state index contributed by atoms with van der Waals surface area (Å²) in [6.07, 6.45) is 3.31. The van der Waals surface area contributed by atoms with Crippen LogP contribution in [0.15, 0.2) is 24.3 Å². The standard InChI is InChI=1S/C13H16N2S/c1-9-7-11-10-5-3-4-6-12(10)14-13(11)8-15(9)16-2/h3-6,9,14H,7-8H2,1-2H3. The maximum atomic E-state index is 3.55. The van der Waals surface area contributed by atoms with Crippen molar-refractivity contribution in [2.45, 2.75) is 25.9 Å². The number of H-pyrrole nitrogens is 1. The lowest BCUT2D eigenvalue weighted by molar-refractivity contribution is 0.341. The monoisotopic (exact) mass is 232 g/mol. The van der Waals surface area contributed by atoms with Crippen molar-refractivity contribution in [3.63, 3.8) is 0 Å². The molecule has 16 heavy (non-hydrogen) atoms. The van der Waals surface area contributed by atoms with Crippen LogP contribution in [0.5, 0.6) is 0 Å². The summed E-state index contributed by atoms with van der Waals surface area (Å²) in [4.78, 5) is 3.55. The molecule has 1 aromatic heterocycles. The van der Waals surface area contributed by atoms with E-state index in [-0.39, 0.29) is 0 Å². The van der Waals surface area contributed by atoms with Gasteiger partial charge in [-0.15, -0.1) is 0 Å². The topological polar surface area (TPSA) is 19.0 Å². The molecule has 0 saturated carbocycles. The fraction of sp³-hybridized carbons (Fsp3) is 0.385. The van der Waals surface area contributed by atoms with Crippen molar-refractivity contribution in [2.75, 3.05) is 6.26 Å². The summed E-state index contributed by atoms with van der Waals surface area (Å²) >= 11 is 1.84. The van der Waals surface area contributed by atoms with Gasteiger partial charge in [0.25, 0.3) is 0 Å². The molecule has 1 aromatic carbocycles. The zero-order chi connectivity index (χ0) is 11.1. The van der Waals surface area contributed by atoms with E-state index in [4.69, 9.17) is 0 Å². The van der Waals surface area contributed by atoms with Gasteiger partial charge in [-0.3, -0.25) is 0 Å². The molecule has 0 radical (unpaired) electrons. The van der Waals surface area contributed by atoms with Gasteiger partial charge in [-0.2, -0.15) is 0 Å². The number of aromatic amines is 1. The first kappa shape index (κ1) is 10.2. The quantitative estimate of drug-likeness (QED) is 0.761. The maximum absolute atomic E-state index is 3.55. The van der Waals surface area contributed by atoms with Crippen molar-refractivity contribution in [3.8, 4) is 0 Å². The Bertz CT molecular complexity index is 518. The molecule has 0 fully saturated rings. The second-order valence-corrected chi connectivity index (χ2v) is 5.27. The molecule has 84 valence electrons. The highest BCUT2D eigenvalue weighted by molar-refractivity contribution is 7.96. The van der Waals surface area contributed by atoms with Crippen LogP contribution in [-0.2, 0) is 13.0 Å². The summed E-state index contributed by atoms with van der Waals surface area (Å²) in [5.41, 5.74) is 4.20. The third kappa shape index (κ3) is 1.46. The Balaban J connectivity index is 2.12. The predicted molar refractivity (Wildman–Crippen MR) is 70.5 cm³/mol. The van der Waals surface area contributed by atoms with Crippen molar-refractivity contribution in [3.05, 3.63) is 35.5 Å². The summed E-state index contributed by atoms with van der Waals surface area (Å²) in [5, 5.41) is 1.41. The van der Waals surface area contributed by atoms with Gasteiger partial charge in [0.1, 0.15) is 0 Å². The van der Waals surface area contributed by atoms with Gasteiger partial charge in [0.05, 0.1) is 0 Å². The van der Waals surface area contributed by atoms with Gasteiger partial charge >= 0.3 is 0 Å². The van der Waals surface area contributed by atoms with E-state index in [9.17, 15) is 0 Å². The normalized spacial score (nSPS) is 21.2. The van der Waals surface area contributed by atoms with Crippen LogP contribution < -0.4 is 0 Å². The van der Waals surface area contributed by atoms with Crippen LogP contribution in [0, 0.1) is 0 Å². The van der Waals surface area contributed by atoms with Crippen LogP contribution in [0.3, 0.4) is 0 Å². The Morgan fingerprint density at radius 1 is 1.38 bits per heavy atom. The molecule has 3 heteroatoms. The van der Waals surface area contributed by atoms with Crippen LogP contribution in [-0.4, -0.2) is 21.6 Å². The molecule has 0 amide bonds. The molecule has 0 aliphatic carbocycles. The van der Waals surface area contributed by atoms with E-state index >= 15 is 0 Å². The third-order valence-corrected chi connectivity index (χ3v) is 4.40. The molecule has 1 aliphatic heterocycles. The number of fused-ring (bicyclic) bond motifs is 3. The molecule has 1 atom stereocenters. The third-order valence-electron chi connectivity index (χ3n) is 3.44. The average molecular weight is 232 g/mol. The molecular formula is C13H16N2S. The van der Waals surface area contributed by atoms with Crippen molar-refractivity contribution in [1.82, 2.24) is 9.29 Å². The van der Waals surface area contributed by atoms with Gasteiger partial charge in [-0.1, -0.05) is 30.1 Å². The fourth-order valence-electron chi connectivity index (χ4n) is 2.58. The van der Waals surface area contributed by atoms with E-state index < -0.39 is 0 Å². The first-order valence-electron chi connectivity index (χ1n) is 5.69. The van der Waals surface area contributed by atoms with E-state index in [1.807, 2.05) is 11.9 Å². The minimum atomic E-state index is 0.627. The molecule has 1 unspecified atom stereocenters. The van der Waals surface area contributed by atoms with E-state index in [0.29, 0.717) is 6.04 Å².